The lowest BCUT2D eigenvalue weighted by molar-refractivity contribution is -0.0503. The Morgan fingerprint density at radius 1 is 1.47 bits per heavy atom. The zero-order valence-corrected chi connectivity index (χ0v) is 7.97. The Bertz CT molecular complexity index is 364. The fourth-order valence-electron chi connectivity index (χ4n) is 1.11. The second kappa shape index (κ2) is 4.82. The molecule has 0 unspecified atom stereocenters. The Hall–Kier alpha value is -1.52. The predicted octanol–water partition coefficient (Wildman–Crippen LogP) is 3.02. The average molecular weight is 218 g/mol. The normalized spacial score (nSPS) is 10.5. The summed E-state index contributed by atoms with van der Waals surface area (Å²) in [5.74, 6) is -1.51. The Labute approximate surface area is 84.7 Å². The average Bonchev–Trinajstić information content (AvgIpc) is 2.16. The van der Waals surface area contributed by atoms with Gasteiger partial charge in [0.2, 0.25) is 0 Å². The van der Waals surface area contributed by atoms with Crippen molar-refractivity contribution in [3.8, 4) is 5.75 Å². The van der Waals surface area contributed by atoms with Gasteiger partial charge in [0.25, 0.3) is 0 Å². The van der Waals surface area contributed by atoms with E-state index >= 15 is 0 Å². The number of ketones is 1. The topological polar surface area (TPSA) is 26.3 Å². The molecule has 82 valence electrons. The lowest BCUT2D eigenvalue weighted by atomic mass is 10.1. The number of carbonyl (C=O) groups is 1. The molecule has 0 saturated heterocycles. The molecule has 1 aromatic rings. The monoisotopic (exact) mass is 218 g/mol. The first-order valence-electron chi connectivity index (χ1n) is 4.32. The summed E-state index contributed by atoms with van der Waals surface area (Å²) < 4.78 is 40.7. The first kappa shape index (κ1) is 11.6. The zero-order valence-electron chi connectivity index (χ0n) is 7.97. The number of hydrogen-bond acceptors (Lipinski definition) is 2. The smallest absolute Gasteiger partial charge is 0.387 e. The predicted molar refractivity (Wildman–Crippen MR) is 47.7 cm³/mol. The maximum Gasteiger partial charge on any atom is 0.387 e. The summed E-state index contributed by atoms with van der Waals surface area (Å²) in [4.78, 5) is 11.3. The summed E-state index contributed by atoms with van der Waals surface area (Å²) in [6.45, 7) is -1.49. The van der Waals surface area contributed by atoms with Gasteiger partial charge in [0.1, 0.15) is 11.6 Å². The molecule has 0 aromatic heterocycles. The van der Waals surface area contributed by atoms with E-state index in [1.54, 1.807) is 6.92 Å². The largest absolute Gasteiger partial charge is 0.434 e. The molecule has 5 heteroatoms. The Morgan fingerprint density at radius 3 is 2.67 bits per heavy atom. The van der Waals surface area contributed by atoms with Crippen molar-refractivity contribution in [2.75, 3.05) is 0 Å². The minimum absolute atomic E-state index is 0.0285. The minimum atomic E-state index is -3.07. The quantitative estimate of drug-likeness (QED) is 0.726. The van der Waals surface area contributed by atoms with Gasteiger partial charge in [0, 0.05) is 12.5 Å². The van der Waals surface area contributed by atoms with Crippen molar-refractivity contribution < 1.29 is 22.7 Å². The van der Waals surface area contributed by atoms with Crippen LogP contribution in [0.3, 0.4) is 0 Å². The molecule has 0 spiro atoms. The first-order valence-corrected chi connectivity index (χ1v) is 4.32. The Balaban J connectivity index is 3.08. The van der Waals surface area contributed by atoms with Gasteiger partial charge in [-0.05, 0) is 12.1 Å². The third kappa shape index (κ3) is 2.97. The molecule has 0 aliphatic carbocycles. The maximum atomic E-state index is 12.7. The van der Waals surface area contributed by atoms with E-state index < -0.39 is 18.2 Å². The molecule has 0 amide bonds. The second-order valence-corrected chi connectivity index (χ2v) is 2.80. The molecule has 0 atom stereocenters. The van der Waals surface area contributed by atoms with Crippen molar-refractivity contribution in [1.82, 2.24) is 0 Å². The van der Waals surface area contributed by atoms with Gasteiger partial charge in [0.15, 0.2) is 5.78 Å². The lowest BCUT2D eigenvalue weighted by Crippen LogP contribution is -2.07. The van der Waals surface area contributed by atoms with Crippen LogP contribution in [0.15, 0.2) is 18.2 Å². The third-order valence-corrected chi connectivity index (χ3v) is 1.78. The van der Waals surface area contributed by atoms with Crippen LogP contribution in [0.5, 0.6) is 5.75 Å². The number of ether oxygens (including phenoxy) is 1. The van der Waals surface area contributed by atoms with Crippen LogP contribution in [-0.2, 0) is 0 Å². The third-order valence-electron chi connectivity index (χ3n) is 1.78. The van der Waals surface area contributed by atoms with Crippen molar-refractivity contribution in [2.24, 2.45) is 0 Å². The Kier molecular flexibility index (Phi) is 3.71. The molecule has 15 heavy (non-hydrogen) atoms. The van der Waals surface area contributed by atoms with Gasteiger partial charge in [0.05, 0.1) is 5.56 Å². The van der Waals surface area contributed by atoms with Crippen LogP contribution >= 0.6 is 0 Å². The van der Waals surface area contributed by atoms with E-state index in [-0.39, 0.29) is 17.8 Å². The highest BCUT2D eigenvalue weighted by Gasteiger charge is 2.15. The fourth-order valence-corrected chi connectivity index (χ4v) is 1.11. The molecule has 0 bridgehead atoms. The van der Waals surface area contributed by atoms with E-state index in [4.69, 9.17) is 0 Å². The van der Waals surface area contributed by atoms with Crippen LogP contribution in [0, 0.1) is 5.82 Å². The molecule has 0 saturated carbocycles. The molecular weight excluding hydrogens is 209 g/mol. The van der Waals surface area contributed by atoms with Crippen molar-refractivity contribution in [3.63, 3.8) is 0 Å². The van der Waals surface area contributed by atoms with Gasteiger partial charge in [-0.25, -0.2) is 4.39 Å². The van der Waals surface area contributed by atoms with E-state index in [0.717, 1.165) is 18.2 Å². The molecule has 1 aromatic carbocycles. The fraction of sp³-hybridized carbons (Fsp3) is 0.300. The molecule has 0 aliphatic heterocycles. The minimum Gasteiger partial charge on any atom is -0.434 e. The van der Waals surface area contributed by atoms with E-state index in [2.05, 4.69) is 4.74 Å². The first-order chi connectivity index (χ1) is 7.04. The van der Waals surface area contributed by atoms with E-state index in [0.29, 0.717) is 0 Å². The summed E-state index contributed by atoms with van der Waals surface area (Å²) in [6.07, 6.45) is 0.144. The highest BCUT2D eigenvalue weighted by atomic mass is 19.3. The van der Waals surface area contributed by atoms with Crippen molar-refractivity contribution in [1.29, 1.82) is 0 Å². The number of carbonyl (C=O) groups excluding carboxylic acids is 1. The summed E-state index contributed by atoms with van der Waals surface area (Å²) >= 11 is 0. The number of halogens is 3. The van der Waals surface area contributed by atoms with Gasteiger partial charge in [-0.2, -0.15) is 8.78 Å². The number of Topliss-reactive ketones (excluding diaryl/α,β-unsaturated/α-hetero) is 1. The van der Waals surface area contributed by atoms with Gasteiger partial charge in [-0.1, -0.05) is 6.92 Å². The SMILES string of the molecule is CCC(=O)c1ccc(F)cc1OC(F)F. The molecule has 0 N–H and O–H groups in total. The molecule has 1 rings (SSSR count). The van der Waals surface area contributed by atoms with Crippen LogP contribution in [0.1, 0.15) is 23.7 Å². The van der Waals surface area contributed by atoms with E-state index in [9.17, 15) is 18.0 Å². The van der Waals surface area contributed by atoms with Crippen molar-refractivity contribution in [3.05, 3.63) is 29.6 Å². The van der Waals surface area contributed by atoms with Crippen LogP contribution in [0.25, 0.3) is 0 Å². The lowest BCUT2D eigenvalue weighted by Gasteiger charge is -2.08. The van der Waals surface area contributed by atoms with Crippen molar-refractivity contribution >= 4 is 5.78 Å². The number of hydrogen-bond donors (Lipinski definition) is 0. The number of rotatable bonds is 4. The van der Waals surface area contributed by atoms with Crippen LogP contribution < -0.4 is 4.74 Å². The molecule has 0 aliphatic rings. The maximum absolute atomic E-state index is 12.7. The van der Waals surface area contributed by atoms with Gasteiger partial charge in [-0.15, -0.1) is 0 Å². The molecule has 0 radical (unpaired) electrons. The Morgan fingerprint density at radius 2 is 2.13 bits per heavy atom. The highest BCUT2D eigenvalue weighted by Crippen LogP contribution is 2.23. The summed E-state index contributed by atoms with van der Waals surface area (Å²) in [7, 11) is 0. The summed E-state index contributed by atoms with van der Waals surface area (Å²) in [5, 5.41) is 0. The van der Waals surface area contributed by atoms with E-state index in [1.165, 1.54) is 0 Å². The zero-order chi connectivity index (χ0) is 11.4. The highest BCUT2D eigenvalue weighted by molar-refractivity contribution is 5.98. The van der Waals surface area contributed by atoms with Crippen LogP contribution in [0.4, 0.5) is 13.2 Å². The number of alkyl halides is 2. The van der Waals surface area contributed by atoms with Crippen LogP contribution in [-0.4, -0.2) is 12.4 Å². The summed E-state index contributed by atoms with van der Waals surface area (Å²) in [5.41, 5.74) is -0.0285. The number of benzene rings is 1. The van der Waals surface area contributed by atoms with Gasteiger partial charge < -0.3 is 4.74 Å². The van der Waals surface area contributed by atoms with Crippen LogP contribution in [0.2, 0.25) is 0 Å². The standard InChI is InChI=1S/C10H9F3O2/c1-2-8(14)7-4-3-6(11)5-9(7)15-10(12)13/h3-5,10H,2H2,1H3. The van der Waals surface area contributed by atoms with Gasteiger partial charge >= 0.3 is 6.61 Å². The second-order valence-electron chi connectivity index (χ2n) is 2.80. The molecule has 2 nitrogen and oxygen atoms in total. The molecule has 0 heterocycles. The van der Waals surface area contributed by atoms with Crippen molar-refractivity contribution in [2.45, 2.75) is 20.0 Å². The van der Waals surface area contributed by atoms with E-state index in [1.807, 2.05) is 0 Å². The van der Waals surface area contributed by atoms with Gasteiger partial charge in [-0.3, -0.25) is 4.79 Å². The summed E-state index contributed by atoms with van der Waals surface area (Å²) in [6, 6.07) is 2.94. The molecular formula is C10H9F3O2. The molecule has 0 fully saturated rings.